The number of H-pyrrole nitrogens is 1. The molecular weight excluding hydrogens is 232 g/mol. The molecule has 0 unspecified atom stereocenters. The fourth-order valence-electron chi connectivity index (χ4n) is 1.85. The molecule has 1 aromatic heterocycles. The van der Waals surface area contributed by atoms with Gasteiger partial charge in [-0.25, -0.2) is 0 Å². The summed E-state index contributed by atoms with van der Waals surface area (Å²) in [6.07, 6.45) is 3.84. The molecule has 0 radical (unpaired) electrons. The number of fused-ring (bicyclic) bond motifs is 1. The van der Waals surface area contributed by atoms with Gasteiger partial charge in [0.25, 0.3) is 0 Å². The van der Waals surface area contributed by atoms with Crippen LogP contribution >= 0.6 is 11.6 Å². The van der Waals surface area contributed by atoms with Gasteiger partial charge in [-0.1, -0.05) is 35.9 Å². The molecule has 3 heteroatoms. The van der Waals surface area contributed by atoms with Gasteiger partial charge in [-0.15, -0.1) is 0 Å². The Morgan fingerprint density at radius 2 is 2.18 bits per heavy atom. The predicted molar refractivity (Wildman–Crippen MR) is 75.0 cm³/mol. The zero-order valence-electron chi connectivity index (χ0n) is 10.00. The quantitative estimate of drug-likeness (QED) is 0.790. The van der Waals surface area contributed by atoms with Gasteiger partial charge in [0.2, 0.25) is 0 Å². The normalized spacial score (nSPS) is 13.4. The topological polar surface area (TPSA) is 28.1 Å². The molecule has 0 saturated carbocycles. The first-order valence-electron chi connectivity index (χ1n) is 5.71. The Morgan fingerprint density at radius 3 is 2.88 bits per heavy atom. The Balaban J connectivity index is 2.61. The highest BCUT2D eigenvalue weighted by Gasteiger charge is 2.11. The number of aromatic amines is 1. The third-order valence-electron chi connectivity index (χ3n) is 2.64. The van der Waals surface area contributed by atoms with Gasteiger partial charge in [0.05, 0.1) is 10.7 Å². The lowest BCUT2D eigenvalue weighted by molar-refractivity contribution is 1.13. The van der Waals surface area contributed by atoms with Crippen molar-refractivity contribution in [1.29, 1.82) is 0 Å². The van der Waals surface area contributed by atoms with E-state index in [1.165, 1.54) is 0 Å². The highest BCUT2D eigenvalue weighted by atomic mass is 35.5. The number of halogens is 1. The molecule has 1 aromatic carbocycles. The molecule has 0 bridgehead atoms. The van der Waals surface area contributed by atoms with Gasteiger partial charge in [0.15, 0.2) is 0 Å². The summed E-state index contributed by atoms with van der Waals surface area (Å²) in [5, 5.41) is 1.84. The number of hydrogen-bond acceptors (Lipinski definition) is 1. The summed E-state index contributed by atoms with van der Waals surface area (Å²) in [5.74, 6) is 0. The molecule has 0 aliphatic rings. The van der Waals surface area contributed by atoms with Gasteiger partial charge in [-0.05, 0) is 19.9 Å². The van der Waals surface area contributed by atoms with E-state index in [9.17, 15) is 0 Å². The average molecular weight is 247 g/mol. The van der Waals surface area contributed by atoms with Crippen LogP contribution in [-0.4, -0.2) is 17.2 Å². The van der Waals surface area contributed by atoms with Crippen LogP contribution in [0.25, 0.3) is 10.9 Å². The third kappa shape index (κ3) is 2.27. The predicted octanol–water partition coefficient (Wildman–Crippen LogP) is 4.12. The molecule has 2 aromatic rings. The minimum absolute atomic E-state index is 0.691. The summed E-state index contributed by atoms with van der Waals surface area (Å²) < 4.78 is 0. The second kappa shape index (κ2) is 5.19. The van der Waals surface area contributed by atoms with E-state index in [2.05, 4.69) is 16.0 Å². The van der Waals surface area contributed by atoms with Crippen LogP contribution in [0.4, 0.5) is 0 Å². The summed E-state index contributed by atoms with van der Waals surface area (Å²) in [6.45, 7) is 4.65. The van der Waals surface area contributed by atoms with Crippen LogP contribution in [0.15, 0.2) is 46.6 Å². The van der Waals surface area contributed by atoms with Gasteiger partial charge >= 0.3 is 0 Å². The molecule has 2 rings (SSSR count). The number of aromatic nitrogens is 1. The fourth-order valence-corrected chi connectivity index (χ4v) is 2.01. The Morgan fingerprint density at radius 1 is 1.41 bits per heavy atom. The SMILES string of the molecule is CC=C(Cl)C(=NCC)c1c[nH]c2ccccc12. The van der Waals surface area contributed by atoms with E-state index in [4.69, 9.17) is 11.6 Å². The first-order valence-corrected chi connectivity index (χ1v) is 6.08. The molecule has 0 fully saturated rings. The van der Waals surface area contributed by atoms with E-state index in [0.29, 0.717) is 5.03 Å². The maximum Gasteiger partial charge on any atom is 0.0850 e. The van der Waals surface area contributed by atoms with Gasteiger partial charge in [-0.3, -0.25) is 4.99 Å². The van der Waals surface area contributed by atoms with Gasteiger partial charge in [0.1, 0.15) is 0 Å². The van der Waals surface area contributed by atoms with Crippen LogP contribution in [0.5, 0.6) is 0 Å². The molecule has 0 saturated heterocycles. The maximum absolute atomic E-state index is 6.22. The van der Waals surface area contributed by atoms with E-state index in [-0.39, 0.29) is 0 Å². The first kappa shape index (κ1) is 11.9. The van der Waals surface area contributed by atoms with Gasteiger partial charge in [-0.2, -0.15) is 0 Å². The van der Waals surface area contributed by atoms with E-state index in [1.807, 2.05) is 44.3 Å². The minimum Gasteiger partial charge on any atom is -0.360 e. The monoisotopic (exact) mass is 246 g/mol. The Labute approximate surface area is 106 Å². The molecule has 88 valence electrons. The fraction of sp³-hybridized carbons (Fsp3) is 0.214. The summed E-state index contributed by atoms with van der Waals surface area (Å²) in [6, 6.07) is 8.15. The van der Waals surface area contributed by atoms with Crippen LogP contribution in [0.2, 0.25) is 0 Å². The maximum atomic E-state index is 6.22. The lowest BCUT2D eigenvalue weighted by Crippen LogP contribution is -2.01. The van der Waals surface area contributed by atoms with Crippen molar-refractivity contribution in [2.75, 3.05) is 6.54 Å². The lowest BCUT2D eigenvalue weighted by atomic mass is 10.1. The van der Waals surface area contributed by atoms with Crippen LogP contribution in [0.1, 0.15) is 19.4 Å². The standard InChI is InChI=1S/C14H15ClN2/c1-3-12(15)14(16-4-2)11-9-17-13-8-6-5-7-10(11)13/h3,5-9,17H,4H2,1-2H3. The van der Waals surface area contributed by atoms with Crippen LogP contribution in [0, 0.1) is 0 Å². The number of aliphatic imine (C=N–C) groups is 1. The minimum atomic E-state index is 0.691. The van der Waals surface area contributed by atoms with Crippen molar-refractivity contribution in [3.05, 3.63) is 47.1 Å². The van der Waals surface area contributed by atoms with Crippen molar-refractivity contribution in [2.24, 2.45) is 4.99 Å². The smallest absolute Gasteiger partial charge is 0.0850 e. The number of nitrogens with zero attached hydrogens (tertiary/aromatic N) is 1. The summed E-state index contributed by atoms with van der Waals surface area (Å²) in [4.78, 5) is 7.72. The Hall–Kier alpha value is -1.54. The van der Waals surface area contributed by atoms with Crippen molar-refractivity contribution < 1.29 is 0 Å². The van der Waals surface area contributed by atoms with Gasteiger partial charge in [0, 0.05) is 29.2 Å². The summed E-state index contributed by atoms with van der Waals surface area (Å²) in [5.41, 5.74) is 3.02. The highest BCUT2D eigenvalue weighted by Crippen LogP contribution is 2.22. The number of allylic oxidation sites excluding steroid dienone is 2. The largest absolute Gasteiger partial charge is 0.360 e. The Bertz CT molecular complexity index is 579. The zero-order valence-corrected chi connectivity index (χ0v) is 10.8. The average Bonchev–Trinajstić information content (AvgIpc) is 2.79. The summed E-state index contributed by atoms with van der Waals surface area (Å²) >= 11 is 6.22. The molecule has 0 spiro atoms. The molecule has 0 atom stereocenters. The first-order chi connectivity index (χ1) is 8.27. The second-order valence-electron chi connectivity index (χ2n) is 3.71. The van der Waals surface area contributed by atoms with Crippen molar-refractivity contribution in [3.8, 4) is 0 Å². The van der Waals surface area contributed by atoms with E-state index in [0.717, 1.165) is 28.7 Å². The number of benzene rings is 1. The summed E-state index contributed by atoms with van der Waals surface area (Å²) in [7, 11) is 0. The molecular formula is C14H15ClN2. The molecule has 2 nitrogen and oxygen atoms in total. The lowest BCUT2D eigenvalue weighted by Gasteiger charge is -2.03. The van der Waals surface area contributed by atoms with Gasteiger partial charge < -0.3 is 4.98 Å². The number of nitrogens with one attached hydrogen (secondary N) is 1. The Kier molecular flexibility index (Phi) is 3.64. The second-order valence-corrected chi connectivity index (χ2v) is 4.11. The van der Waals surface area contributed by atoms with Crippen LogP contribution in [0.3, 0.4) is 0 Å². The van der Waals surface area contributed by atoms with Crippen LogP contribution < -0.4 is 0 Å². The molecule has 17 heavy (non-hydrogen) atoms. The van der Waals surface area contributed by atoms with E-state index >= 15 is 0 Å². The van der Waals surface area contributed by atoms with Crippen molar-refractivity contribution in [1.82, 2.24) is 4.98 Å². The van der Waals surface area contributed by atoms with Crippen molar-refractivity contribution in [2.45, 2.75) is 13.8 Å². The van der Waals surface area contributed by atoms with Crippen LogP contribution in [-0.2, 0) is 0 Å². The highest BCUT2D eigenvalue weighted by molar-refractivity contribution is 6.47. The number of rotatable bonds is 3. The van der Waals surface area contributed by atoms with Crippen molar-refractivity contribution >= 4 is 28.2 Å². The molecule has 0 aliphatic carbocycles. The number of para-hydroxylation sites is 1. The zero-order chi connectivity index (χ0) is 12.3. The van der Waals surface area contributed by atoms with E-state index < -0.39 is 0 Å². The molecule has 0 amide bonds. The molecule has 0 aliphatic heterocycles. The number of hydrogen-bond donors (Lipinski definition) is 1. The van der Waals surface area contributed by atoms with Crippen molar-refractivity contribution in [3.63, 3.8) is 0 Å². The molecule has 1 heterocycles. The third-order valence-corrected chi connectivity index (χ3v) is 3.04. The molecule has 1 N–H and O–H groups in total. The van der Waals surface area contributed by atoms with E-state index in [1.54, 1.807) is 0 Å².